The van der Waals surface area contributed by atoms with Crippen molar-refractivity contribution < 1.29 is 13.5 Å². The highest BCUT2D eigenvalue weighted by Crippen LogP contribution is 2.35. The van der Waals surface area contributed by atoms with Crippen LogP contribution in [0.2, 0.25) is 5.15 Å². The van der Waals surface area contributed by atoms with Gasteiger partial charge in [0.2, 0.25) is 0 Å². The molecular weight excluding hydrogens is 317 g/mol. The third kappa shape index (κ3) is 2.19. The zero-order chi connectivity index (χ0) is 12.6. The third-order valence-electron chi connectivity index (χ3n) is 2.15. The summed E-state index contributed by atoms with van der Waals surface area (Å²) in [7, 11) is 1.43. The first kappa shape index (κ1) is 12.4. The fraction of sp³-hybridized carbons (Fsp3) is 0.200. The Balaban J connectivity index is 2.85. The Morgan fingerprint density at radius 2 is 2.06 bits per heavy atom. The molecule has 0 aliphatic heterocycles. The molecule has 0 bridgehead atoms. The molecule has 2 rings (SSSR count). The van der Waals surface area contributed by atoms with Crippen molar-refractivity contribution in [3.63, 3.8) is 0 Å². The number of fused-ring (bicyclic) bond motifs is 1. The van der Waals surface area contributed by atoms with Gasteiger partial charge in [-0.2, -0.15) is 0 Å². The summed E-state index contributed by atoms with van der Waals surface area (Å²) in [5.74, 6) is -0.242. The molecule has 0 radical (unpaired) electrons. The maximum atomic E-state index is 12.6. The Kier molecular flexibility index (Phi) is 3.44. The number of rotatable bonds is 2. The standard InChI is InChI=1S/C10H6BrClF2N2O/c1-17-5-3-2-4(11)6-7(5)15-10(9(13)14)16-8(6)12/h2-3,9H,1H3. The predicted octanol–water partition coefficient (Wildman–Crippen LogP) is 3.99. The van der Waals surface area contributed by atoms with Gasteiger partial charge < -0.3 is 4.74 Å². The Labute approximate surface area is 109 Å². The third-order valence-corrected chi connectivity index (χ3v) is 3.08. The molecule has 0 atom stereocenters. The number of ether oxygens (including phenoxy) is 1. The predicted molar refractivity (Wildman–Crippen MR) is 63.8 cm³/mol. The summed E-state index contributed by atoms with van der Waals surface area (Å²) in [4.78, 5) is 7.32. The van der Waals surface area contributed by atoms with Crippen LogP contribution in [0.1, 0.15) is 12.2 Å². The average Bonchev–Trinajstić information content (AvgIpc) is 2.28. The van der Waals surface area contributed by atoms with Crippen LogP contribution in [0.4, 0.5) is 8.78 Å². The molecule has 0 saturated carbocycles. The van der Waals surface area contributed by atoms with E-state index in [4.69, 9.17) is 16.3 Å². The molecule has 0 amide bonds. The highest BCUT2D eigenvalue weighted by atomic mass is 79.9. The summed E-state index contributed by atoms with van der Waals surface area (Å²) in [5, 5.41) is 0.423. The van der Waals surface area contributed by atoms with E-state index in [1.165, 1.54) is 7.11 Å². The van der Waals surface area contributed by atoms with Crippen molar-refractivity contribution in [1.29, 1.82) is 0 Å². The van der Waals surface area contributed by atoms with Crippen molar-refractivity contribution in [2.45, 2.75) is 6.43 Å². The van der Waals surface area contributed by atoms with Crippen molar-refractivity contribution in [2.75, 3.05) is 7.11 Å². The number of methoxy groups -OCH3 is 1. The Hall–Kier alpha value is -1.01. The molecule has 0 aliphatic carbocycles. The van der Waals surface area contributed by atoms with Gasteiger partial charge in [0.25, 0.3) is 6.43 Å². The van der Waals surface area contributed by atoms with Crippen molar-refractivity contribution in [2.24, 2.45) is 0 Å². The molecule has 1 aromatic carbocycles. The molecular formula is C10H6BrClF2N2O. The fourth-order valence-corrected chi connectivity index (χ4v) is 2.31. The second kappa shape index (κ2) is 4.70. The van der Waals surface area contributed by atoms with E-state index in [1.807, 2.05) is 0 Å². The van der Waals surface area contributed by atoms with Crippen molar-refractivity contribution >= 4 is 38.4 Å². The molecule has 3 nitrogen and oxygen atoms in total. The van der Waals surface area contributed by atoms with Gasteiger partial charge in [-0.1, -0.05) is 11.6 Å². The highest BCUT2D eigenvalue weighted by molar-refractivity contribution is 9.10. The molecule has 0 saturated heterocycles. The summed E-state index contributed by atoms with van der Waals surface area (Å²) in [6.07, 6.45) is -2.78. The van der Waals surface area contributed by atoms with Gasteiger partial charge in [-0.15, -0.1) is 0 Å². The van der Waals surface area contributed by atoms with E-state index < -0.39 is 12.2 Å². The minimum Gasteiger partial charge on any atom is -0.494 e. The van der Waals surface area contributed by atoms with Gasteiger partial charge >= 0.3 is 0 Å². The molecule has 0 aliphatic rings. The first-order valence-electron chi connectivity index (χ1n) is 4.52. The Bertz CT molecular complexity index is 580. The van der Waals surface area contributed by atoms with Gasteiger partial charge in [-0.3, -0.25) is 0 Å². The zero-order valence-corrected chi connectivity index (χ0v) is 10.9. The maximum absolute atomic E-state index is 12.6. The molecule has 0 N–H and O–H groups in total. The summed E-state index contributed by atoms with van der Waals surface area (Å²) in [5.41, 5.74) is 0.261. The Morgan fingerprint density at radius 1 is 1.35 bits per heavy atom. The topological polar surface area (TPSA) is 35.0 Å². The first-order chi connectivity index (χ1) is 8.04. The summed E-state index contributed by atoms with van der Waals surface area (Å²) in [6.45, 7) is 0. The Morgan fingerprint density at radius 3 is 2.65 bits per heavy atom. The van der Waals surface area contributed by atoms with Crippen LogP contribution in [0.3, 0.4) is 0 Å². The van der Waals surface area contributed by atoms with Crippen molar-refractivity contribution in [3.8, 4) is 5.75 Å². The quantitative estimate of drug-likeness (QED) is 0.784. The molecule has 1 aromatic heterocycles. The lowest BCUT2D eigenvalue weighted by atomic mass is 10.2. The van der Waals surface area contributed by atoms with E-state index in [-0.39, 0.29) is 10.7 Å². The number of nitrogens with zero attached hydrogens (tertiary/aromatic N) is 2. The molecule has 0 fully saturated rings. The smallest absolute Gasteiger partial charge is 0.297 e. The lowest BCUT2D eigenvalue weighted by molar-refractivity contribution is 0.140. The van der Waals surface area contributed by atoms with E-state index in [0.29, 0.717) is 15.6 Å². The van der Waals surface area contributed by atoms with Gasteiger partial charge in [0.05, 0.1) is 12.5 Å². The summed E-state index contributed by atoms with van der Waals surface area (Å²) in [6, 6.07) is 3.31. The van der Waals surface area contributed by atoms with Crippen molar-refractivity contribution in [3.05, 3.63) is 27.6 Å². The number of alkyl halides is 2. The van der Waals surface area contributed by atoms with E-state index in [0.717, 1.165) is 0 Å². The van der Waals surface area contributed by atoms with Gasteiger partial charge in [0.15, 0.2) is 5.82 Å². The number of hydrogen-bond acceptors (Lipinski definition) is 3. The van der Waals surface area contributed by atoms with Gasteiger partial charge in [-0.25, -0.2) is 18.7 Å². The van der Waals surface area contributed by atoms with Crippen LogP contribution >= 0.6 is 27.5 Å². The highest BCUT2D eigenvalue weighted by Gasteiger charge is 2.18. The van der Waals surface area contributed by atoms with Crippen LogP contribution in [0, 0.1) is 0 Å². The zero-order valence-electron chi connectivity index (χ0n) is 8.55. The van der Waals surface area contributed by atoms with E-state index in [9.17, 15) is 8.78 Å². The van der Waals surface area contributed by atoms with Gasteiger partial charge in [-0.05, 0) is 28.1 Å². The normalized spacial score (nSPS) is 11.2. The lowest BCUT2D eigenvalue weighted by Gasteiger charge is -2.09. The number of benzene rings is 1. The van der Waals surface area contributed by atoms with E-state index >= 15 is 0 Å². The number of hydrogen-bond donors (Lipinski definition) is 0. The number of halogens is 4. The average molecular weight is 324 g/mol. The number of aromatic nitrogens is 2. The van der Waals surface area contributed by atoms with Crippen LogP contribution in [0.25, 0.3) is 10.9 Å². The van der Waals surface area contributed by atoms with Crippen molar-refractivity contribution in [1.82, 2.24) is 9.97 Å². The fourth-order valence-electron chi connectivity index (χ4n) is 1.41. The van der Waals surface area contributed by atoms with Crippen LogP contribution < -0.4 is 4.74 Å². The van der Waals surface area contributed by atoms with Crippen LogP contribution in [-0.4, -0.2) is 17.1 Å². The summed E-state index contributed by atoms with van der Waals surface area (Å²) < 4.78 is 30.8. The second-order valence-corrected chi connectivity index (χ2v) is 4.36. The maximum Gasteiger partial charge on any atom is 0.297 e. The van der Waals surface area contributed by atoms with Crippen LogP contribution in [-0.2, 0) is 0 Å². The minimum absolute atomic E-state index is 0.0314. The van der Waals surface area contributed by atoms with Gasteiger partial charge in [0, 0.05) is 4.47 Å². The van der Waals surface area contributed by atoms with E-state index in [2.05, 4.69) is 25.9 Å². The largest absolute Gasteiger partial charge is 0.494 e. The molecule has 7 heteroatoms. The molecule has 1 heterocycles. The van der Waals surface area contributed by atoms with E-state index in [1.54, 1.807) is 12.1 Å². The van der Waals surface area contributed by atoms with Gasteiger partial charge in [0.1, 0.15) is 16.4 Å². The molecule has 17 heavy (non-hydrogen) atoms. The minimum atomic E-state index is -2.78. The molecule has 2 aromatic rings. The first-order valence-corrected chi connectivity index (χ1v) is 5.69. The molecule has 0 unspecified atom stereocenters. The monoisotopic (exact) mass is 322 g/mol. The SMILES string of the molecule is COc1ccc(Br)c2c(Cl)nc(C(F)F)nc12. The molecule has 90 valence electrons. The second-order valence-electron chi connectivity index (χ2n) is 3.15. The molecule has 0 spiro atoms. The van der Waals surface area contributed by atoms with Crippen LogP contribution in [0.15, 0.2) is 16.6 Å². The summed E-state index contributed by atoms with van der Waals surface area (Å²) >= 11 is 9.14. The lowest BCUT2D eigenvalue weighted by Crippen LogP contribution is -1.99. The van der Waals surface area contributed by atoms with Crippen LogP contribution in [0.5, 0.6) is 5.75 Å².